The van der Waals surface area contributed by atoms with Crippen LogP contribution < -0.4 is 9.64 Å². The Hall–Kier alpha value is -3.33. The molecule has 9 heteroatoms. The molecule has 4 aromatic rings. The number of halogens is 2. The Labute approximate surface area is 200 Å². The molecule has 6 nitrogen and oxygen atoms in total. The lowest BCUT2D eigenvalue weighted by atomic mass is 10.2. The van der Waals surface area contributed by atoms with E-state index in [0.29, 0.717) is 34.3 Å². The number of benzene rings is 2. The van der Waals surface area contributed by atoms with Crippen LogP contribution in [0.2, 0.25) is 0 Å². The topological polar surface area (TPSA) is 60.2 Å². The maximum Gasteiger partial charge on any atom is 0.260 e. The third kappa shape index (κ3) is 5.25. The molecule has 178 valence electrons. The van der Waals surface area contributed by atoms with Gasteiger partial charge in [0, 0.05) is 23.9 Å². The highest BCUT2D eigenvalue weighted by Gasteiger charge is 2.23. The van der Waals surface area contributed by atoms with Crippen LogP contribution in [-0.4, -0.2) is 33.8 Å². The minimum absolute atomic E-state index is 0.0463. The number of hydrogen-bond donors (Lipinski definition) is 0. The number of aromatic nitrogens is 3. The summed E-state index contributed by atoms with van der Waals surface area (Å²) < 4.78 is 35.9. The SMILES string of the molecule is CCCCOc1ccc(C(=O)N(CCn2nc(C)cc2C)c2nc3c(F)cc(F)cc3s2)cc1. The fourth-order valence-electron chi connectivity index (χ4n) is 3.62. The van der Waals surface area contributed by atoms with Crippen molar-refractivity contribution in [3.63, 3.8) is 0 Å². The summed E-state index contributed by atoms with van der Waals surface area (Å²) in [4.78, 5) is 19.3. The van der Waals surface area contributed by atoms with Gasteiger partial charge in [-0.1, -0.05) is 24.7 Å². The molecule has 0 N–H and O–H groups in total. The Morgan fingerprint density at radius 2 is 1.91 bits per heavy atom. The number of ether oxygens (including phenoxy) is 1. The van der Waals surface area contributed by atoms with Crippen LogP contribution in [0.15, 0.2) is 42.5 Å². The first-order valence-electron chi connectivity index (χ1n) is 11.2. The first-order valence-corrected chi connectivity index (χ1v) is 12.0. The van der Waals surface area contributed by atoms with E-state index in [9.17, 15) is 13.6 Å². The molecular formula is C25H26F2N4O2S. The van der Waals surface area contributed by atoms with Crippen molar-refractivity contribution in [2.75, 3.05) is 18.1 Å². The van der Waals surface area contributed by atoms with Gasteiger partial charge < -0.3 is 4.74 Å². The van der Waals surface area contributed by atoms with Crippen LogP contribution in [0.25, 0.3) is 10.2 Å². The van der Waals surface area contributed by atoms with Gasteiger partial charge in [-0.2, -0.15) is 5.10 Å². The number of hydrogen-bond acceptors (Lipinski definition) is 5. The van der Waals surface area contributed by atoms with Gasteiger partial charge in [-0.05, 0) is 56.7 Å². The van der Waals surface area contributed by atoms with E-state index in [2.05, 4.69) is 17.0 Å². The standard InChI is InChI=1S/C25H26F2N4O2S/c1-4-5-12-33-20-8-6-18(7-9-20)24(32)30(10-11-31-17(3)13-16(2)29-31)25-28-23-21(27)14-19(26)15-22(23)34-25/h6-9,13-15H,4-5,10-12H2,1-3H3. The van der Waals surface area contributed by atoms with Crippen LogP contribution in [0.3, 0.4) is 0 Å². The van der Waals surface area contributed by atoms with Crippen molar-refractivity contribution in [3.05, 3.63) is 71.1 Å². The van der Waals surface area contributed by atoms with E-state index in [-0.39, 0.29) is 18.0 Å². The summed E-state index contributed by atoms with van der Waals surface area (Å²) in [6, 6.07) is 10.9. The summed E-state index contributed by atoms with van der Waals surface area (Å²) in [5, 5.41) is 4.76. The predicted molar refractivity (Wildman–Crippen MR) is 130 cm³/mol. The van der Waals surface area contributed by atoms with Gasteiger partial charge in [0.05, 0.1) is 23.5 Å². The molecule has 0 fully saturated rings. The van der Waals surface area contributed by atoms with Crippen molar-refractivity contribution >= 4 is 32.6 Å². The van der Waals surface area contributed by atoms with E-state index in [1.165, 1.54) is 11.0 Å². The molecule has 0 bridgehead atoms. The van der Waals surface area contributed by atoms with Crippen LogP contribution in [0.4, 0.5) is 13.9 Å². The summed E-state index contributed by atoms with van der Waals surface area (Å²) in [5.41, 5.74) is 2.34. The molecule has 0 saturated heterocycles. The quantitative estimate of drug-likeness (QED) is 0.277. The van der Waals surface area contributed by atoms with E-state index in [4.69, 9.17) is 4.74 Å². The molecule has 34 heavy (non-hydrogen) atoms. The molecular weight excluding hydrogens is 458 g/mol. The van der Waals surface area contributed by atoms with E-state index < -0.39 is 11.6 Å². The van der Waals surface area contributed by atoms with Gasteiger partial charge in [-0.15, -0.1) is 0 Å². The number of carbonyl (C=O) groups is 1. The van der Waals surface area contributed by atoms with Crippen molar-refractivity contribution in [1.29, 1.82) is 0 Å². The number of rotatable bonds is 9. The normalized spacial score (nSPS) is 11.2. The molecule has 2 aromatic heterocycles. The Balaban J connectivity index is 1.63. The largest absolute Gasteiger partial charge is 0.494 e. The highest BCUT2D eigenvalue weighted by Crippen LogP contribution is 2.32. The van der Waals surface area contributed by atoms with Crippen molar-refractivity contribution in [2.45, 2.75) is 40.2 Å². The number of amides is 1. The fourth-order valence-corrected chi connectivity index (χ4v) is 4.65. The Kier molecular flexibility index (Phi) is 7.21. The van der Waals surface area contributed by atoms with Gasteiger partial charge in [0.2, 0.25) is 0 Å². The number of unbranched alkanes of at least 4 members (excludes halogenated alkanes) is 1. The van der Waals surface area contributed by atoms with E-state index in [1.54, 1.807) is 24.3 Å². The number of thiazole rings is 1. The molecule has 0 aliphatic heterocycles. The van der Waals surface area contributed by atoms with Gasteiger partial charge in [0.1, 0.15) is 17.1 Å². The lowest BCUT2D eigenvalue weighted by Gasteiger charge is -2.20. The maximum absolute atomic E-state index is 14.3. The van der Waals surface area contributed by atoms with Crippen molar-refractivity contribution in [2.24, 2.45) is 0 Å². The molecule has 0 unspecified atom stereocenters. The first kappa shape index (κ1) is 23.8. The Morgan fingerprint density at radius 1 is 1.15 bits per heavy atom. The Bertz CT molecular complexity index is 1300. The second kappa shape index (κ2) is 10.3. The zero-order valence-electron chi connectivity index (χ0n) is 19.3. The monoisotopic (exact) mass is 484 g/mol. The third-order valence-electron chi connectivity index (χ3n) is 5.38. The zero-order valence-corrected chi connectivity index (χ0v) is 20.2. The van der Waals surface area contributed by atoms with Crippen molar-refractivity contribution in [3.8, 4) is 5.75 Å². The number of nitrogens with zero attached hydrogens (tertiary/aromatic N) is 4. The molecule has 0 spiro atoms. The summed E-state index contributed by atoms with van der Waals surface area (Å²) in [7, 11) is 0. The number of carbonyl (C=O) groups excluding carboxylic acids is 1. The Morgan fingerprint density at radius 3 is 2.59 bits per heavy atom. The van der Waals surface area contributed by atoms with Gasteiger partial charge in [-0.3, -0.25) is 14.4 Å². The van der Waals surface area contributed by atoms with Gasteiger partial charge in [-0.25, -0.2) is 13.8 Å². The summed E-state index contributed by atoms with van der Waals surface area (Å²) in [6.07, 6.45) is 1.99. The molecule has 1 amide bonds. The molecule has 2 heterocycles. The molecule has 0 aliphatic carbocycles. The number of fused-ring (bicyclic) bond motifs is 1. The highest BCUT2D eigenvalue weighted by molar-refractivity contribution is 7.22. The van der Waals surface area contributed by atoms with Gasteiger partial charge in [0.15, 0.2) is 10.9 Å². The second-order valence-electron chi connectivity index (χ2n) is 8.06. The molecule has 0 radical (unpaired) electrons. The van der Waals surface area contributed by atoms with Crippen LogP contribution in [0.1, 0.15) is 41.5 Å². The van der Waals surface area contributed by atoms with Crippen LogP contribution in [0.5, 0.6) is 5.75 Å². The summed E-state index contributed by atoms with van der Waals surface area (Å²) >= 11 is 1.08. The molecule has 0 saturated carbocycles. The lowest BCUT2D eigenvalue weighted by molar-refractivity contribution is 0.0985. The van der Waals surface area contributed by atoms with E-state index in [1.807, 2.05) is 24.6 Å². The minimum Gasteiger partial charge on any atom is -0.494 e. The number of aryl methyl sites for hydroxylation is 2. The van der Waals surface area contributed by atoms with E-state index in [0.717, 1.165) is 41.6 Å². The molecule has 2 aromatic carbocycles. The maximum atomic E-state index is 14.3. The highest BCUT2D eigenvalue weighted by atomic mass is 32.1. The molecule has 4 rings (SSSR count). The average molecular weight is 485 g/mol. The van der Waals surface area contributed by atoms with Crippen LogP contribution >= 0.6 is 11.3 Å². The number of anilines is 1. The lowest BCUT2D eigenvalue weighted by Crippen LogP contribution is -2.34. The van der Waals surface area contributed by atoms with Crippen LogP contribution in [0, 0.1) is 25.5 Å². The third-order valence-corrected chi connectivity index (χ3v) is 6.41. The van der Waals surface area contributed by atoms with E-state index >= 15 is 0 Å². The summed E-state index contributed by atoms with van der Waals surface area (Å²) in [6.45, 7) is 7.25. The van der Waals surface area contributed by atoms with Crippen LogP contribution in [-0.2, 0) is 6.54 Å². The van der Waals surface area contributed by atoms with Gasteiger partial charge in [0.25, 0.3) is 5.91 Å². The predicted octanol–water partition coefficient (Wildman–Crippen LogP) is 5.91. The smallest absolute Gasteiger partial charge is 0.260 e. The van der Waals surface area contributed by atoms with Crippen molar-refractivity contribution < 1.29 is 18.3 Å². The zero-order chi connectivity index (χ0) is 24.2. The minimum atomic E-state index is -0.753. The average Bonchev–Trinajstić information content (AvgIpc) is 3.37. The molecule has 0 aliphatic rings. The summed E-state index contributed by atoms with van der Waals surface area (Å²) in [5.74, 6) is -1.03. The first-order chi connectivity index (χ1) is 16.4. The van der Waals surface area contributed by atoms with Crippen molar-refractivity contribution in [1.82, 2.24) is 14.8 Å². The fraction of sp³-hybridized carbons (Fsp3) is 0.320. The molecule has 0 atom stereocenters. The second-order valence-corrected chi connectivity index (χ2v) is 9.07. The van der Waals surface area contributed by atoms with Gasteiger partial charge >= 0.3 is 0 Å².